The van der Waals surface area contributed by atoms with E-state index in [1.807, 2.05) is 7.11 Å². The lowest BCUT2D eigenvalue weighted by Gasteiger charge is -2.29. The van der Waals surface area contributed by atoms with Gasteiger partial charge in [0.15, 0.2) is 0 Å². The van der Waals surface area contributed by atoms with Crippen LogP contribution in [0.5, 0.6) is 0 Å². The number of rotatable bonds is 8. The third-order valence-electron chi connectivity index (χ3n) is 7.30. The van der Waals surface area contributed by atoms with Crippen LogP contribution in [0, 0.1) is 13.8 Å². The highest BCUT2D eigenvalue weighted by atomic mass is 28.4. The predicted octanol–water partition coefficient (Wildman–Crippen LogP) is 9.30. The summed E-state index contributed by atoms with van der Waals surface area (Å²) in [6.45, 7) is 8.70. The first-order valence-corrected chi connectivity index (χ1v) is 16.3. The number of hydrogen-bond acceptors (Lipinski definition) is 3. The minimum absolute atomic E-state index is 1.11. The van der Waals surface area contributed by atoms with Gasteiger partial charge in [-0.1, -0.05) is 65.7 Å². The van der Waals surface area contributed by atoms with E-state index in [0.29, 0.717) is 0 Å². The van der Waals surface area contributed by atoms with Crippen molar-refractivity contribution in [1.82, 2.24) is 0 Å². The summed E-state index contributed by atoms with van der Waals surface area (Å²) in [5.74, 6) is 0. The molecule has 0 N–H and O–H groups in total. The quantitative estimate of drug-likeness (QED) is 0.187. The monoisotopic (exact) mass is 528 g/mol. The number of benzene rings is 5. The van der Waals surface area contributed by atoms with Crippen LogP contribution in [0.4, 0.5) is 34.1 Å². The second-order valence-corrected chi connectivity index (χ2v) is 14.5. The normalized spacial score (nSPS) is 11.3. The molecule has 0 spiro atoms. The van der Waals surface area contributed by atoms with Crippen LogP contribution in [-0.4, -0.2) is 15.4 Å². The van der Waals surface area contributed by atoms with Crippen LogP contribution in [-0.2, 0) is 4.43 Å². The van der Waals surface area contributed by atoms with Crippen molar-refractivity contribution in [2.45, 2.75) is 26.9 Å². The lowest BCUT2D eigenvalue weighted by Crippen LogP contribution is -2.43. The van der Waals surface area contributed by atoms with Gasteiger partial charge in [0.05, 0.1) is 0 Å². The van der Waals surface area contributed by atoms with Gasteiger partial charge in [-0.25, -0.2) is 0 Å². The average Bonchev–Trinajstić information content (AvgIpc) is 2.97. The van der Waals surface area contributed by atoms with Crippen molar-refractivity contribution in [3.63, 3.8) is 0 Å². The summed E-state index contributed by atoms with van der Waals surface area (Å²) in [6, 6.07) is 45.6. The summed E-state index contributed by atoms with van der Waals surface area (Å²) in [7, 11) is -0.0742. The van der Waals surface area contributed by atoms with E-state index in [-0.39, 0.29) is 0 Å². The molecule has 4 heteroatoms. The molecule has 0 fully saturated rings. The van der Waals surface area contributed by atoms with Crippen molar-refractivity contribution in [2.75, 3.05) is 16.9 Å². The fraction of sp³-hybridized carbons (Fsp3) is 0.143. The van der Waals surface area contributed by atoms with Crippen LogP contribution in [0.15, 0.2) is 127 Å². The maximum atomic E-state index is 5.84. The van der Waals surface area contributed by atoms with E-state index >= 15 is 0 Å². The molecule has 5 aromatic rings. The molecule has 5 rings (SSSR count). The predicted molar refractivity (Wildman–Crippen MR) is 169 cm³/mol. The van der Waals surface area contributed by atoms with Crippen molar-refractivity contribution >= 4 is 47.6 Å². The summed E-state index contributed by atoms with van der Waals surface area (Å²) in [5, 5.41) is 1.28. The first kappa shape index (κ1) is 26.5. The zero-order valence-corrected chi connectivity index (χ0v) is 24.4. The molecule has 0 heterocycles. The zero-order valence-electron chi connectivity index (χ0n) is 23.4. The minimum Gasteiger partial charge on any atom is -0.416 e. The van der Waals surface area contributed by atoms with Crippen molar-refractivity contribution in [3.05, 3.63) is 139 Å². The Morgan fingerprint density at radius 3 is 1.10 bits per heavy atom. The van der Waals surface area contributed by atoms with Gasteiger partial charge in [-0.3, -0.25) is 0 Å². The number of para-hydroxylation sites is 1. The summed E-state index contributed by atoms with van der Waals surface area (Å²) in [5.41, 5.74) is 9.22. The minimum atomic E-state index is -1.89. The fourth-order valence-corrected chi connectivity index (χ4v) is 5.94. The number of nitrogens with zero attached hydrogens (tertiary/aromatic N) is 2. The van der Waals surface area contributed by atoms with Gasteiger partial charge in [-0.2, -0.15) is 0 Å². The average molecular weight is 529 g/mol. The highest BCUT2D eigenvalue weighted by molar-refractivity contribution is 6.84. The maximum Gasteiger partial charge on any atom is 0.217 e. The number of aryl methyl sites for hydroxylation is 2. The van der Waals surface area contributed by atoms with Crippen LogP contribution in [0.2, 0.25) is 13.1 Å². The Balaban J connectivity index is 1.56. The van der Waals surface area contributed by atoms with Crippen LogP contribution >= 0.6 is 0 Å². The SMILES string of the molecule is CO[Si](C)(C)c1ccc(N(c2ccc(C)cc2)c2ccc(N(c3ccccc3)c3ccc(C)cc3)cc2)cc1. The molecule has 39 heavy (non-hydrogen) atoms. The zero-order chi connectivity index (χ0) is 27.4. The van der Waals surface area contributed by atoms with Crippen LogP contribution in [0.3, 0.4) is 0 Å². The Hall–Kier alpha value is -4.12. The van der Waals surface area contributed by atoms with E-state index in [1.54, 1.807) is 0 Å². The largest absolute Gasteiger partial charge is 0.416 e. The Bertz CT molecular complexity index is 1500. The molecular formula is C35H36N2OSi. The van der Waals surface area contributed by atoms with Gasteiger partial charge < -0.3 is 14.2 Å². The molecule has 0 bridgehead atoms. The molecule has 0 aliphatic carbocycles. The molecule has 0 amide bonds. The van der Waals surface area contributed by atoms with E-state index in [4.69, 9.17) is 4.43 Å². The summed E-state index contributed by atoms with van der Waals surface area (Å²) >= 11 is 0. The lowest BCUT2D eigenvalue weighted by atomic mass is 10.1. The maximum absolute atomic E-state index is 5.84. The molecule has 3 nitrogen and oxygen atoms in total. The lowest BCUT2D eigenvalue weighted by molar-refractivity contribution is 0.416. The van der Waals surface area contributed by atoms with Crippen molar-refractivity contribution in [3.8, 4) is 0 Å². The summed E-state index contributed by atoms with van der Waals surface area (Å²) < 4.78 is 5.84. The standard InChI is InChI=1S/C35H36N2OSi/c1-27-11-15-30(16-12-27)36(29-9-7-6-8-10-29)32-19-21-33(22-20-32)37(31-17-13-28(2)14-18-31)34-23-25-35(26-24-34)39(4,5)38-3/h6-26H,1-5H3. The Morgan fingerprint density at radius 2 is 0.744 bits per heavy atom. The summed E-state index contributed by atoms with van der Waals surface area (Å²) in [4.78, 5) is 4.61. The molecule has 0 saturated heterocycles. The number of anilines is 6. The van der Waals surface area contributed by atoms with E-state index in [9.17, 15) is 0 Å². The topological polar surface area (TPSA) is 15.7 Å². The molecule has 0 saturated carbocycles. The van der Waals surface area contributed by atoms with Gasteiger partial charge in [0.1, 0.15) is 0 Å². The first-order chi connectivity index (χ1) is 18.9. The van der Waals surface area contributed by atoms with Gasteiger partial charge in [0.2, 0.25) is 8.32 Å². The van der Waals surface area contributed by atoms with Crippen LogP contribution in [0.1, 0.15) is 11.1 Å². The highest BCUT2D eigenvalue weighted by Crippen LogP contribution is 2.38. The smallest absolute Gasteiger partial charge is 0.217 e. The molecule has 5 aromatic carbocycles. The van der Waals surface area contributed by atoms with Crippen molar-refractivity contribution < 1.29 is 4.43 Å². The van der Waals surface area contributed by atoms with Gasteiger partial charge in [0.25, 0.3) is 0 Å². The fourth-order valence-electron chi connectivity index (χ4n) is 4.74. The molecule has 0 aliphatic rings. The molecule has 0 aromatic heterocycles. The second-order valence-electron chi connectivity index (χ2n) is 10.5. The van der Waals surface area contributed by atoms with Crippen LogP contribution < -0.4 is 15.0 Å². The Morgan fingerprint density at radius 1 is 0.436 bits per heavy atom. The van der Waals surface area contributed by atoms with Gasteiger partial charge in [0, 0.05) is 41.2 Å². The summed E-state index contributed by atoms with van der Waals surface area (Å²) in [6.07, 6.45) is 0. The van der Waals surface area contributed by atoms with Gasteiger partial charge >= 0.3 is 0 Å². The van der Waals surface area contributed by atoms with Gasteiger partial charge in [-0.05, 0) is 105 Å². The van der Waals surface area contributed by atoms with Crippen molar-refractivity contribution in [2.24, 2.45) is 0 Å². The van der Waals surface area contributed by atoms with Crippen molar-refractivity contribution in [1.29, 1.82) is 0 Å². The van der Waals surface area contributed by atoms with E-state index < -0.39 is 8.32 Å². The highest BCUT2D eigenvalue weighted by Gasteiger charge is 2.24. The molecular weight excluding hydrogens is 492 g/mol. The van der Waals surface area contributed by atoms with E-state index in [0.717, 1.165) is 34.1 Å². The molecule has 196 valence electrons. The molecule has 0 radical (unpaired) electrons. The third-order valence-corrected chi connectivity index (χ3v) is 10.0. The second kappa shape index (κ2) is 11.3. The van der Waals surface area contributed by atoms with E-state index in [1.165, 1.54) is 16.3 Å². The third kappa shape index (κ3) is 5.82. The molecule has 0 atom stereocenters. The van der Waals surface area contributed by atoms with E-state index in [2.05, 4.69) is 164 Å². The van der Waals surface area contributed by atoms with Gasteiger partial charge in [-0.15, -0.1) is 0 Å². The first-order valence-electron chi connectivity index (χ1n) is 13.4. The molecule has 0 aliphatic heterocycles. The number of hydrogen-bond donors (Lipinski definition) is 0. The molecule has 0 unspecified atom stereocenters. The Labute approximate surface area is 234 Å². The van der Waals surface area contributed by atoms with Crippen LogP contribution in [0.25, 0.3) is 0 Å². The Kier molecular flexibility index (Phi) is 7.69.